The Morgan fingerprint density at radius 3 is 2.86 bits per heavy atom. The number of amides is 2. The molecule has 1 aliphatic carbocycles. The minimum absolute atomic E-state index is 0.122. The second kappa shape index (κ2) is 5.68. The van der Waals surface area contributed by atoms with Crippen molar-refractivity contribution in [2.45, 2.75) is 38.1 Å². The van der Waals surface area contributed by atoms with E-state index in [2.05, 4.69) is 10.6 Å². The second-order valence-electron chi connectivity index (χ2n) is 5.61. The van der Waals surface area contributed by atoms with Gasteiger partial charge in [-0.2, -0.15) is 0 Å². The van der Waals surface area contributed by atoms with Gasteiger partial charge >= 0.3 is 0 Å². The van der Waals surface area contributed by atoms with Gasteiger partial charge in [0.2, 0.25) is 5.91 Å². The summed E-state index contributed by atoms with van der Waals surface area (Å²) < 4.78 is 0. The van der Waals surface area contributed by atoms with Crippen molar-refractivity contribution >= 4 is 17.6 Å². The maximum Gasteiger partial charge on any atom is 0.251 e. The molecular formula is C16H18N2O3. The van der Waals surface area contributed by atoms with Gasteiger partial charge in [0.1, 0.15) is 6.04 Å². The number of benzene rings is 1. The molecule has 0 unspecified atom stereocenters. The highest BCUT2D eigenvalue weighted by Crippen LogP contribution is 2.22. The smallest absolute Gasteiger partial charge is 0.251 e. The quantitative estimate of drug-likeness (QED) is 0.858. The first-order valence-electron chi connectivity index (χ1n) is 7.40. The van der Waals surface area contributed by atoms with Crippen LogP contribution in [0, 0.1) is 0 Å². The largest absolute Gasteiger partial charge is 0.354 e. The Morgan fingerprint density at radius 2 is 2.05 bits per heavy atom. The van der Waals surface area contributed by atoms with Crippen LogP contribution in [-0.4, -0.2) is 30.2 Å². The van der Waals surface area contributed by atoms with Crippen LogP contribution in [-0.2, 0) is 11.2 Å². The van der Waals surface area contributed by atoms with Crippen molar-refractivity contribution < 1.29 is 14.4 Å². The molecule has 5 heteroatoms. The molecule has 0 saturated carbocycles. The van der Waals surface area contributed by atoms with Gasteiger partial charge in [0.15, 0.2) is 5.78 Å². The zero-order chi connectivity index (χ0) is 14.8. The lowest BCUT2D eigenvalue weighted by atomic mass is 9.89. The van der Waals surface area contributed by atoms with E-state index in [1.807, 2.05) is 0 Å². The molecule has 1 aromatic carbocycles. The van der Waals surface area contributed by atoms with Crippen LogP contribution in [0.5, 0.6) is 0 Å². The molecule has 0 aromatic heterocycles. The van der Waals surface area contributed by atoms with Gasteiger partial charge in [0.05, 0.1) is 0 Å². The Hall–Kier alpha value is -2.17. The summed E-state index contributed by atoms with van der Waals surface area (Å²) in [7, 11) is 0. The molecule has 2 N–H and O–H groups in total. The van der Waals surface area contributed by atoms with E-state index in [4.69, 9.17) is 0 Å². The van der Waals surface area contributed by atoms with Crippen molar-refractivity contribution in [3.63, 3.8) is 0 Å². The topological polar surface area (TPSA) is 75.3 Å². The molecule has 0 bridgehead atoms. The van der Waals surface area contributed by atoms with Gasteiger partial charge < -0.3 is 10.6 Å². The summed E-state index contributed by atoms with van der Waals surface area (Å²) in [5.74, 6) is -0.226. The van der Waals surface area contributed by atoms with Gasteiger partial charge in [-0.15, -0.1) is 0 Å². The van der Waals surface area contributed by atoms with Crippen molar-refractivity contribution in [3.05, 3.63) is 34.9 Å². The van der Waals surface area contributed by atoms with Crippen LogP contribution in [0.25, 0.3) is 0 Å². The molecule has 1 aromatic rings. The highest BCUT2D eigenvalue weighted by Gasteiger charge is 2.25. The van der Waals surface area contributed by atoms with Gasteiger partial charge in [-0.05, 0) is 43.4 Å². The molecule has 3 rings (SSSR count). The summed E-state index contributed by atoms with van der Waals surface area (Å²) >= 11 is 0. The van der Waals surface area contributed by atoms with Gasteiger partial charge in [-0.25, -0.2) is 0 Å². The minimum atomic E-state index is -0.455. The van der Waals surface area contributed by atoms with Gasteiger partial charge in [0.25, 0.3) is 5.91 Å². The number of hydrogen-bond acceptors (Lipinski definition) is 3. The number of rotatable bonds is 2. The van der Waals surface area contributed by atoms with Crippen molar-refractivity contribution in [2.75, 3.05) is 6.54 Å². The van der Waals surface area contributed by atoms with Crippen molar-refractivity contribution in [2.24, 2.45) is 0 Å². The fraction of sp³-hybridized carbons (Fsp3) is 0.438. The van der Waals surface area contributed by atoms with E-state index in [0.717, 1.165) is 30.4 Å². The molecule has 5 nitrogen and oxygen atoms in total. The molecule has 1 heterocycles. The van der Waals surface area contributed by atoms with E-state index in [1.54, 1.807) is 18.2 Å². The Balaban J connectivity index is 1.76. The maximum atomic E-state index is 12.2. The lowest BCUT2D eigenvalue weighted by Gasteiger charge is -2.23. The zero-order valence-electron chi connectivity index (χ0n) is 11.8. The standard InChI is InChI=1S/C16H18N2O3/c19-14-5-1-3-10-9-11(6-7-12(10)14)15(20)18-13-4-2-8-17-16(13)21/h6-7,9,13H,1-5,8H2,(H,17,21)(H,18,20)/t13-/m0/s1. The fourth-order valence-electron chi connectivity index (χ4n) is 2.94. The Kier molecular flexibility index (Phi) is 3.73. The Bertz CT molecular complexity index is 610. The summed E-state index contributed by atoms with van der Waals surface area (Å²) in [6.07, 6.45) is 3.78. The van der Waals surface area contributed by atoms with Crippen LogP contribution >= 0.6 is 0 Å². The highest BCUT2D eigenvalue weighted by atomic mass is 16.2. The molecule has 2 aliphatic rings. The number of piperidine rings is 1. The zero-order valence-corrected chi connectivity index (χ0v) is 11.8. The predicted molar refractivity (Wildman–Crippen MR) is 77.2 cm³/mol. The SMILES string of the molecule is O=C(N[C@H]1CCCNC1=O)c1ccc2c(c1)CCCC2=O. The van der Waals surface area contributed by atoms with Crippen molar-refractivity contribution in [3.8, 4) is 0 Å². The molecule has 21 heavy (non-hydrogen) atoms. The number of hydrogen-bond donors (Lipinski definition) is 2. The average Bonchev–Trinajstić information content (AvgIpc) is 2.49. The third-order valence-electron chi connectivity index (χ3n) is 4.11. The first-order valence-corrected chi connectivity index (χ1v) is 7.40. The number of Topliss-reactive ketones (excluding diaryl/α,β-unsaturated/α-hetero) is 1. The number of carbonyl (C=O) groups is 3. The Morgan fingerprint density at radius 1 is 1.19 bits per heavy atom. The highest BCUT2D eigenvalue weighted by molar-refractivity contribution is 6.01. The third kappa shape index (κ3) is 2.82. The number of nitrogens with one attached hydrogen (secondary N) is 2. The summed E-state index contributed by atoms with van der Waals surface area (Å²) in [5.41, 5.74) is 2.18. The van der Waals surface area contributed by atoms with E-state index in [-0.39, 0.29) is 17.6 Å². The summed E-state index contributed by atoms with van der Waals surface area (Å²) in [6.45, 7) is 0.673. The average molecular weight is 286 g/mol. The minimum Gasteiger partial charge on any atom is -0.354 e. The lowest BCUT2D eigenvalue weighted by Crippen LogP contribution is -2.50. The van der Waals surface area contributed by atoms with Crippen molar-refractivity contribution in [1.82, 2.24) is 10.6 Å². The van der Waals surface area contributed by atoms with E-state index in [1.165, 1.54) is 0 Å². The van der Waals surface area contributed by atoms with Gasteiger partial charge in [0, 0.05) is 24.1 Å². The molecule has 1 atom stereocenters. The molecule has 110 valence electrons. The van der Waals surface area contributed by atoms with Crippen molar-refractivity contribution in [1.29, 1.82) is 0 Å². The van der Waals surface area contributed by atoms with Gasteiger partial charge in [-0.1, -0.05) is 6.07 Å². The van der Waals surface area contributed by atoms with Crippen LogP contribution in [0.2, 0.25) is 0 Å². The normalized spacial score (nSPS) is 21.4. The molecule has 1 aliphatic heterocycles. The number of carbonyl (C=O) groups excluding carboxylic acids is 3. The molecule has 1 saturated heterocycles. The van der Waals surface area contributed by atoms with E-state index >= 15 is 0 Å². The number of fused-ring (bicyclic) bond motifs is 1. The van der Waals surface area contributed by atoms with Crippen LogP contribution in [0.4, 0.5) is 0 Å². The monoisotopic (exact) mass is 286 g/mol. The molecule has 0 spiro atoms. The number of ketones is 1. The molecule has 0 radical (unpaired) electrons. The summed E-state index contributed by atoms with van der Waals surface area (Å²) in [6, 6.07) is 4.72. The molecular weight excluding hydrogens is 268 g/mol. The fourth-order valence-corrected chi connectivity index (χ4v) is 2.94. The first kappa shape index (κ1) is 13.8. The third-order valence-corrected chi connectivity index (χ3v) is 4.11. The van der Waals surface area contributed by atoms with Crippen LogP contribution in [0.15, 0.2) is 18.2 Å². The van der Waals surface area contributed by atoms with E-state index in [9.17, 15) is 14.4 Å². The number of aryl methyl sites for hydroxylation is 1. The molecule has 1 fully saturated rings. The molecule has 2 amide bonds. The van der Waals surface area contributed by atoms with Crippen LogP contribution in [0.1, 0.15) is 52.0 Å². The van der Waals surface area contributed by atoms with Gasteiger partial charge in [-0.3, -0.25) is 14.4 Å². The maximum absolute atomic E-state index is 12.2. The first-order chi connectivity index (χ1) is 10.1. The van der Waals surface area contributed by atoms with E-state index in [0.29, 0.717) is 24.9 Å². The summed E-state index contributed by atoms with van der Waals surface area (Å²) in [5, 5.41) is 5.51. The Labute approximate surface area is 123 Å². The predicted octanol–water partition coefficient (Wildman–Crippen LogP) is 1.21. The van der Waals surface area contributed by atoms with E-state index < -0.39 is 6.04 Å². The van der Waals surface area contributed by atoms with Crippen LogP contribution in [0.3, 0.4) is 0 Å². The van der Waals surface area contributed by atoms with Crippen LogP contribution < -0.4 is 10.6 Å². The second-order valence-corrected chi connectivity index (χ2v) is 5.61. The summed E-state index contributed by atoms with van der Waals surface area (Å²) in [4.78, 5) is 35.7. The lowest BCUT2D eigenvalue weighted by molar-refractivity contribution is -0.124.